The lowest BCUT2D eigenvalue weighted by Crippen LogP contribution is -2.22. The van der Waals surface area contributed by atoms with Gasteiger partial charge in [-0.1, -0.05) is 52.3 Å². The van der Waals surface area contributed by atoms with Gasteiger partial charge in [-0.3, -0.25) is 9.59 Å². The number of hydrogen-bond donors (Lipinski definition) is 3. The fraction of sp³-hybridized carbons (Fsp3) is 0.0667. The lowest BCUT2D eigenvalue weighted by atomic mass is 9.98. The van der Waals surface area contributed by atoms with Crippen molar-refractivity contribution < 1.29 is 19.5 Å². The Morgan fingerprint density at radius 2 is 1.57 bits per heavy atom. The monoisotopic (exact) mass is 631 g/mol. The van der Waals surface area contributed by atoms with Crippen LogP contribution in [0.15, 0.2) is 99.7 Å². The van der Waals surface area contributed by atoms with Gasteiger partial charge in [0.05, 0.1) is 16.5 Å². The summed E-state index contributed by atoms with van der Waals surface area (Å²) in [5.41, 5.74) is 2.68. The Morgan fingerprint density at radius 1 is 0.900 bits per heavy atom. The van der Waals surface area contributed by atoms with Crippen molar-refractivity contribution in [2.75, 3.05) is 10.6 Å². The highest BCUT2D eigenvalue weighted by molar-refractivity contribution is 9.10. The number of carbonyl (C=O) groups excluding carboxylic acids is 2. The summed E-state index contributed by atoms with van der Waals surface area (Å²) in [6, 6.07) is 25.0. The first-order chi connectivity index (χ1) is 19.3. The molecule has 10 heteroatoms. The number of fused-ring (bicyclic) bond motifs is 1. The van der Waals surface area contributed by atoms with Gasteiger partial charge in [0.25, 0.3) is 5.91 Å². The van der Waals surface area contributed by atoms with E-state index < -0.39 is 11.9 Å². The molecule has 0 aliphatic heterocycles. The molecule has 4 aromatic carbocycles. The number of hydrogen-bond acceptors (Lipinski definition) is 6. The van der Waals surface area contributed by atoms with E-state index in [1.54, 1.807) is 42.5 Å². The first kappa shape index (κ1) is 27.6. The summed E-state index contributed by atoms with van der Waals surface area (Å²) in [6.45, 7) is 1.82. The number of halogens is 1. The third-order valence-corrected chi connectivity index (χ3v) is 8.45. The van der Waals surface area contributed by atoms with Gasteiger partial charge in [-0.05, 0) is 60.8 Å². The molecule has 40 heavy (non-hydrogen) atoms. The Morgan fingerprint density at radius 3 is 2.25 bits per heavy atom. The molecule has 1 atom stereocenters. The van der Waals surface area contributed by atoms with Gasteiger partial charge in [0, 0.05) is 36.9 Å². The zero-order valence-corrected chi connectivity index (χ0v) is 24.3. The number of aromatic nitrogens is 1. The molecular weight excluding hydrogens is 610 g/mol. The fourth-order valence-corrected chi connectivity index (χ4v) is 5.93. The number of thiazole rings is 1. The third-order valence-electron chi connectivity index (χ3n) is 6.05. The van der Waals surface area contributed by atoms with Crippen LogP contribution in [0.5, 0.6) is 0 Å². The number of thioether (sulfide) groups is 1. The highest BCUT2D eigenvalue weighted by Crippen LogP contribution is 2.29. The van der Waals surface area contributed by atoms with Crippen LogP contribution >= 0.6 is 39.0 Å². The van der Waals surface area contributed by atoms with Crippen molar-refractivity contribution in [1.29, 1.82) is 0 Å². The van der Waals surface area contributed by atoms with Crippen LogP contribution < -0.4 is 10.6 Å². The van der Waals surface area contributed by atoms with Crippen molar-refractivity contribution in [1.82, 2.24) is 4.98 Å². The molecule has 7 nitrogen and oxygen atoms in total. The number of benzene rings is 4. The number of rotatable bonds is 8. The predicted molar refractivity (Wildman–Crippen MR) is 165 cm³/mol. The number of anilines is 2. The number of carbonyl (C=O) groups is 3. The maximum Gasteiger partial charge on any atom is 0.336 e. The Balaban J connectivity index is 1.21. The van der Waals surface area contributed by atoms with Gasteiger partial charge in [0.1, 0.15) is 0 Å². The Labute approximate surface area is 246 Å². The second kappa shape index (κ2) is 12.0. The van der Waals surface area contributed by atoms with Crippen molar-refractivity contribution in [3.05, 3.63) is 106 Å². The molecule has 2 amide bonds. The minimum Gasteiger partial charge on any atom is -0.478 e. The summed E-state index contributed by atoms with van der Waals surface area (Å²) in [5.74, 6) is -1.66. The van der Waals surface area contributed by atoms with Crippen LogP contribution in [-0.4, -0.2) is 33.1 Å². The Bertz CT molecular complexity index is 1710. The molecule has 1 aromatic heterocycles. The molecule has 0 spiro atoms. The van der Waals surface area contributed by atoms with Gasteiger partial charge in [0.15, 0.2) is 5.13 Å². The van der Waals surface area contributed by atoms with Crippen LogP contribution in [-0.2, 0) is 4.79 Å². The first-order valence-corrected chi connectivity index (χ1v) is 14.7. The van der Waals surface area contributed by atoms with Crippen LogP contribution in [0.1, 0.15) is 27.6 Å². The normalized spacial score (nSPS) is 11.7. The minimum atomic E-state index is -1.09. The van der Waals surface area contributed by atoms with Crippen molar-refractivity contribution in [3.8, 4) is 11.3 Å². The molecule has 0 radical (unpaired) electrons. The van der Waals surface area contributed by atoms with E-state index in [-0.39, 0.29) is 22.3 Å². The quantitative estimate of drug-likeness (QED) is 0.151. The summed E-state index contributed by atoms with van der Waals surface area (Å²) < 4.78 is 0.986. The number of nitrogens with one attached hydrogen (secondary N) is 2. The molecular formula is C30H22BrN3O4S2. The van der Waals surface area contributed by atoms with Gasteiger partial charge in [-0.25, -0.2) is 9.78 Å². The number of carboxylic acids is 1. The number of nitrogens with zero attached hydrogens (tertiary/aromatic N) is 1. The van der Waals surface area contributed by atoms with Gasteiger partial charge in [-0.15, -0.1) is 23.1 Å². The van der Waals surface area contributed by atoms with Crippen LogP contribution in [0.25, 0.3) is 22.0 Å². The third kappa shape index (κ3) is 6.25. The van der Waals surface area contributed by atoms with Crippen LogP contribution in [0.4, 0.5) is 10.8 Å². The highest BCUT2D eigenvalue weighted by atomic mass is 79.9. The minimum absolute atomic E-state index is 0.0737. The standard InChI is InChI=1S/C30H22BrN3O4S2/c1-17(27(35)34-30-33-25(16-39-30)18-8-10-20(31)11-9-18)40-22-14-12-21(13-15-22)32-28(36)23-6-2-4-19-5-3-7-24(26(19)23)29(37)38/h2-17H,1H3,(H,32,36)(H,37,38)(H,33,34,35). The van der Waals surface area contributed by atoms with Gasteiger partial charge < -0.3 is 15.7 Å². The van der Waals surface area contributed by atoms with Crippen LogP contribution in [0.3, 0.4) is 0 Å². The van der Waals surface area contributed by atoms with E-state index in [0.717, 1.165) is 20.6 Å². The molecule has 1 heterocycles. The van der Waals surface area contributed by atoms with Crippen LogP contribution in [0.2, 0.25) is 0 Å². The van der Waals surface area contributed by atoms with Gasteiger partial charge in [0.2, 0.25) is 5.91 Å². The Kier molecular flexibility index (Phi) is 8.29. The topological polar surface area (TPSA) is 108 Å². The number of aromatic carboxylic acids is 1. The van der Waals surface area contributed by atoms with E-state index in [1.807, 2.05) is 48.7 Å². The second-order valence-electron chi connectivity index (χ2n) is 8.79. The Hall–Kier alpha value is -3.99. The summed E-state index contributed by atoms with van der Waals surface area (Å²) >= 11 is 6.18. The maximum absolute atomic E-state index is 13.1. The van der Waals surface area contributed by atoms with Crippen molar-refractivity contribution in [3.63, 3.8) is 0 Å². The lowest BCUT2D eigenvalue weighted by molar-refractivity contribution is -0.115. The maximum atomic E-state index is 13.1. The van der Waals surface area contributed by atoms with Crippen molar-refractivity contribution in [2.24, 2.45) is 0 Å². The van der Waals surface area contributed by atoms with Crippen molar-refractivity contribution in [2.45, 2.75) is 17.1 Å². The summed E-state index contributed by atoms with van der Waals surface area (Å²) in [7, 11) is 0. The molecule has 1 unspecified atom stereocenters. The van der Waals surface area contributed by atoms with Crippen LogP contribution in [0, 0.1) is 0 Å². The molecule has 200 valence electrons. The highest BCUT2D eigenvalue weighted by Gasteiger charge is 2.18. The summed E-state index contributed by atoms with van der Waals surface area (Å²) in [6.07, 6.45) is 0. The molecule has 3 N–H and O–H groups in total. The SMILES string of the molecule is CC(Sc1ccc(NC(=O)c2cccc3cccc(C(=O)O)c23)cc1)C(=O)Nc1nc(-c2ccc(Br)cc2)cs1. The van der Waals surface area contributed by atoms with Crippen molar-refractivity contribution >= 4 is 78.4 Å². The molecule has 0 aliphatic carbocycles. The zero-order chi connectivity index (χ0) is 28.2. The molecule has 0 fully saturated rings. The molecule has 0 bridgehead atoms. The van der Waals surface area contributed by atoms with E-state index in [4.69, 9.17) is 0 Å². The molecule has 0 saturated heterocycles. The number of amides is 2. The molecule has 5 aromatic rings. The van der Waals surface area contributed by atoms with E-state index in [2.05, 4.69) is 31.5 Å². The average molecular weight is 633 g/mol. The largest absolute Gasteiger partial charge is 0.478 e. The van der Waals surface area contributed by atoms with Gasteiger partial charge >= 0.3 is 5.97 Å². The van der Waals surface area contributed by atoms with E-state index in [0.29, 0.717) is 21.6 Å². The van der Waals surface area contributed by atoms with E-state index >= 15 is 0 Å². The fourth-order valence-electron chi connectivity index (χ4n) is 4.07. The summed E-state index contributed by atoms with van der Waals surface area (Å²) in [4.78, 5) is 43.0. The van der Waals surface area contributed by atoms with E-state index in [1.165, 1.54) is 29.2 Å². The first-order valence-electron chi connectivity index (χ1n) is 12.1. The molecule has 0 aliphatic rings. The van der Waals surface area contributed by atoms with Gasteiger partial charge in [-0.2, -0.15) is 0 Å². The predicted octanol–water partition coefficient (Wildman–Crippen LogP) is 7.80. The average Bonchev–Trinajstić information content (AvgIpc) is 3.42. The lowest BCUT2D eigenvalue weighted by Gasteiger charge is -2.12. The smallest absolute Gasteiger partial charge is 0.336 e. The second-order valence-corrected chi connectivity index (χ2v) is 12.0. The zero-order valence-electron chi connectivity index (χ0n) is 21.1. The molecule has 5 rings (SSSR count). The number of carboxylic acid groups (broad SMARTS) is 1. The molecule has 0 saturated carbocycles. The summed E-state index contributed by atoms with van der Waals surface area (Å²) in [5, 5.41) is 18.4. The van der Waals surface area contributed by atoms with E-state index in [9.17, 15) is 19.5 Å².